The Bertz CT molecular complexity index is 416. The van der Waals surface area contributed by atoms with E-state index in [1.54, 1.807) is 6.07 Å². The number of likely N-dealkylation sites (tertiary alicyclic amines) is 1. The second kappa shape index (κ2) is 8.11. The maximum absolute atomic E-state index is 13.8. The van der Waals surface area contributed by atoms with Gasteiger partial charge >= 0.3 is 0 Å². The number of nitrogens with zero attached hydrogens (tertiary/aromatic N) is 1. The van der Waals surface area contributed by atoms with E-state index in [1.165, 1.54) is 25.3 Å². The zero-order valence-corrected chi connectivity index (χ0v) is 13.8. The summed E-state index contributed by atoms with van der Waals surface area (Å²) in [6.07, 6.45) is 4.76. The third kappa shape index (κ3) is 4.41. The first-order chi connectivity index (χ1) is 10.2. The normalized spacial score (nSPS) is 24.0. The predicted molar refractivity (Wildman–Crippen MR) is 87.3 cm³/mol. The van der Waals surface area contributed by atoms with E-state index in [4.69, 9.17) is 11.6 Å². The Kier molecular flexibility index (Phi) is 6.46. The minimum atomic E-state index is -0.235. The number of nitrogens with one attached hydrogen (secondary N) is 1. The quantitative estimate of drug-likeness (QED) is 0.874. The minimum absolute atomic E-state index is 0.235. The predicted octanol–water partition coefficient (Wildman–Crippen LogP) is 4.25. The van der Waals surface area contributed by atoms with E-state index in [1.807, 2.05) is 13.1 Å². The van der Waals surface area contributed by atoms with Crippen LogP contribution in [-0.2, 0) is 0 Å². The molecule has 1 N–H and O–H groups in total. The van der Waals surface area contributed by atoms with E-state index in [0.717, 1.165) is 31.6 Å². The average molecular weight is 313 g/mol. The van der Waals surface area contributed by atoms with Gasteiger partial charge in [0.05, 0.1) is 0 Å². The fraction of sp³-hybridized carbons (Fsp3) is 0.647. The van der Waals surface area contributed by atoms with Crippen molar-refractivity contribution >= 4 is 11.6 Å². The summed E-state index contributed by atoms with van der Waals surface area (Å²) in [5.41, 5.74) is 1.02. The topological polar surface area (TPSA) is 15.3 Å². The number of benzene rings is 1. The lowest BCUT2D eigenvalue weighted by atomic mass is 9.89. The highest BCUT2D eigenvalue weighted by atomic mass is 35.5. The Labute approximate surface area is 132 Å². The lowest BCUT2D eigenvalue weighted by molar-refractivity contribution is 0.154. The standard InChI is InChI=1S/C17H26ClFN2/c1-3-7-21-8-5-4-6-13(12-20-2)17(21)14-9-15(18)11-16(19)10-14/h9-11,13,17,20H,3-8,12H2,1-2H3. The Morgan fingerprint density at radius 2 is 2.14 bits per heavy atom. The second-order valence-electron chi connectivity index (χ2n) is 6.00. The minimum Gasteiger partial charge on any atom is -0.319 e. The van der Waals surface area contributed by atoms with E-state index in [0.29, 0.717) is 10.9 Å². The average Bonchev–Trinajstić information content (AvgIpc) is 2.61. The zero-order valence-electron chi connectivity index (χ0n) is 13.0. The van der Waals surface area contributed by atoms with Crippen LogP contribution in [0.5, 0.6) is 0 Å². The van der Waals surface area contributed by atoms with Crippen molar-refractivity contribution in [1.82, 2.24) is 10.2 Å². The highest BCUT2D eigenvalue weighted by Gasteiger charge is 2.30. The molecule has 2 atom stereocenters. The van der Waals surface area contributed by atoms with Gasteiger partial charge in [-0.3, -0.25) is 4.90 Å². The van der Waals surface area contributed by atoms with Crippen LogP contribution in [0.2, 0.25) is 5.02 Å². The highest BCUT2D eigenvalue weighted by Crippen LogP contribution is 2.36. The summed E-state index contributed by atoms with van der Waals surface area (Å²) in [7, 11) is 1.99. The molecule has 0 aliphatic carbocycles. The van der Waals surface area contributed by atoms with Crippen LogP contribution in [-0.4, -0.2) is 31.6 Å². The first-order valence-corrected chi connectivity index (χ1v) is 8.38. The highest BCUT2D eigenvalue weighted by molar-refractivity contribution is 6.30. The van der Waals surface area contributed by atoms with Crippen molar-refractivity contribution in [2.75, 3.05) is 26.7 Å². The summed E-state index contributed by atoms with van der Waals surface area (Å²) in [4.78, 5) is 2.51. The van der Waals surface area contributed by atoms with E-state index in [9.17, 15) is 4.39 Å². The van der Waals surface area contributed by atoms with Gasteiger partial charge in [0, 0.05) is 11.1 Å². The van der Waals surface area contributed by atoms with Gasteiger partial charge < -0.3 is 5.32 Å². The lowest BCUT2D eigenvalue weighted by Crippen LogP contribution is -2.37. The molecule has 2 rings (SSSR count). The molecule has 1 heterocycles. The number of rotatable bonds is 5. The van der Waals surface area contributed by atoms with Crippen LogP contribution in [0.15, 0.2) is 18.2 Å². The Balaban J connectivity index is 2.36. The molecule has 1 aromatic rings. The van der Waals surface area contributed by atoms with Crippen molar-refractivity contribution in [1.29, 1.82) is 0 Å². The Morgan fingerprint density at radius 3 is 2.81 bits per heavy atom. The fourth-order valence-corrected chi connectivity index (χ4v) is 3.79. The van der Waals surface area contributed by atoms with Gasteiger partial charge in [0.1, 0.15) is 5.82 Å². The van der Waals surface area contributed by atoms with Crippen molar-refractivity contribution in [3.05, 3.63) is 34.6 Å². The van der Waals surface area contributed by atoms with E-state index in [-0.39, 0.29) is 11.9 Å². The smallest absolute Gasteiger partial charge is 0.125 e. The molecule has 118 valence electrons. The molecule has 2 nitrogen and oxygen atoms in total. The van der Waals surface area contributed by atoms with Gasteiger partial charge in [-0.05, 0) is 75.6 Å². The van der Waals surface area contributed by atoms with Gasteiger partial charge in [-0.2, -0.15) is 0 Å². The van der Waals surface area contributed by atoms with Crippen LogP contribution in [0.25, 0.3) is 0 Å². The molecule has 0 radical (unpaired) electrons. The number of hydrogen-bond donors (Lipinski definition) is 1. The Morgan fingerprint density at radius 1 is 1.33 bits per heavy atom. The summed E-state index contributed by atoms with van der Waals surface area (Å²) >= 11 is 6.09. The second-order valence-corrected chi connectivity index (χ2v) is 6.43. The first-order valence-electron chi connectivity index (χ1n) is 8.00. The van der Waals surface area contributed by atoms with Crippen molar-refractivity contribution in [3.8, 4) is 0 Å². The molecule has 1 aromatic carbocycles. The summed E-state index contributed by atoms with van der Waals surface area (Å²) < 4.78 is 13.8. The van der Waals surface area contributed by atoms with Crippen LogP contribution >= 0.6 is 11.6 Å². The molecule has 1 fully saturated rings. The van der Waals surface area contributed by atoms with Gasteiger partial charge in [0.2, 0.25) is 0 Å². The van der Waals surface area contributed by atoms with E-state index >= 15 is 0 Å². The third-order valence-corrected chi connectivity index (χ3v) is 4.53. The Hall–Kier alpha value is -0.640. The van der Waals surface area contributed by atoms with Crippen LogP contribution in [0.4, 0.5) is 4.39 Å². The first kappa shape index (κ1) is 16.7. The molecule has 0 amide bonds. The molecule has 1 saturated heterocycles. The van der Waals surface area contributed by atoms with Crippen LogP contribution in [0, 0.1) is 11.7 Å². The molecule has 0 bridgehead atoms. The van der Waals surface area contributed by atoms with Crippen LogP contribution in [0.3, 0.4) is 0 Å². The molecular formula is C17H26ClFN2. The molecule has 4 heteroatoms. The van der Waals surface area contributed by atoms with Crippen molar-refractivity contribution < 1.29 is 4.39 Å². The molecule has 1 aliphatic rings. The SMILES string of the molecule is CCCN1CCCCC(CNC)C1c1cc(F)cc(Cl)c1. The van der Waals surface area contributed by atoms with Gasteiger partial charge in [-0.1, -0.05) is 24.9 Å². The molecule has 1 aliphatic heterocycles. The molecule has 0 aromatic heterocycles. The molecule has 2 unspecified atom stereocenters. The van der Waals surface area contributed by atoms with Gasteiger partial charge in [-0.15, -0.1) is 0 Å². The van der Waals surface area contributed by atoms with Gasteiger partial charge in [-0.25, -0.2) is 4.39 Å². The van der Waals surface area contributed by atoms with Crippen LogP contribution in [0.1, 0.15) is 44.2 Å². The van der Waals surface area contributed by atoms with E-state index < -0.39 is 0 Å². The molecule has 21 heavy (non-hydrogen) atoms. The number of halogens is 2. The fourth-order valence-electron chi connectivity index (χ4n) is 3.56. The van der Waals surface area contributed by atoms with Crippen LogP contribution < -0.4 is 5.32 Å². The summed E-state index contributed by atoms with van der Waals surface area (Å²) in [6.45, 7) is 5.30. The summed E-state index contributed by atoms with van der Waals surface area (Å²) in [6, 6.07) is 5.24. The summed E-state index contributed by atoms with van der Waals surface area (Å²) in [5.74, 6) is 0.267. The van der Waals surface area contributed by atoms with E-state index in [2.05, 4.69) is 17.1 Å². The molecule has 0 spiro atoms. The van der Waals surface area contributed by atoms with Gasteiger partial charge in [0.25, 0.3) is 0 Å². The lowest BCUT2D eigenvalue weighted by Gasteiger charge is -2.35. The maximum Gasteiger partial charge on any atom is 0.125 e. The summed E-state index contributed by atoms with van der Waals surface area (Å²) in [5, 5.41) is 3.80. The molecular weight excluding hydrogens is 287 g/mol. The van der Waals surface area contributed by atoms with Crippen molar-refractivity contribution in [3.63, 3.8) is 0 Å². The van der Waals surface area contributed by atoms with Crippen molar-refractivity contribution in [2.45, 2.75) is 38.6 Å². The monoisotopic (exact) mass is 312 g/mol. The van der Waals surface area contributed by atoms with Gasteiger partial charge in [0.15, 0.2) is 0 Å². The van der Waals surface area contributed by atoms with Crippen molar-refractivity contribution in [2.24, 2.45) is 5.92 Å². The zero-order chi connectivity index (χ0) is 15.2. The maximum atomic E-state index is 13.8. The molecule has 0 saturated carbocycles. The third-order valence-electron chi connectivity index (χ3n) is 4.31. The number of hydrogen-bond acceptors (Lipinski definition) is 2. The largest absolute Gasteiger partial charge is 0.319 e.